The van der Waals surface area contributed by atoms with Crippen LogP contribution in [-0.4, -0.2) is 68.0 Å². The number of carbonyl (C=O) groups excluding carboxylic acids is 2. The molecule has 1 saturated heterocycles. The van der Waals surface area contributed by atoms with Gasteiger partial charge in [0.15, 0.2) is 0 Å². The predicted molar refractivity (Wildman–Crippen MR) is 95.8 cm³/mol. The molecular weight excluding hydrogens is 318 g/mol. The third-order valence-corrected chi connectivity index (χ3v) is 4.98. The van der Waals surface area contributed by atoms with E-state index < -0.39 is 0 Å². The summed E-state index contributed by atoms with van der Waals surface area (Å²) >= 11 is 0. The Morgan fingerprint density at radius 1 is 1.16 bits per heavy atom. The minimum atomic E-state index is -0.00254. The zero-order valence-corrected chi connectivity index (χ0v) is 15.1. The van der Waals surface area contributed by atoms with Crippen LogP contribution in [-0.2, 0) is 4.79 Å². The molecule has 1 saturated carbocycles. The van der Waals surface area contributed by atoms with Gasteiger partial charge in [-0.1, -0.05) is 6.07 Å². The highest BCUT2D eigenvalue weighted by molar-refractivity contribution is 5.95. The zero-order chi connectivity index (χ0) is 17.8. The number of hydrogen-bond acceptors (Lipinski definition) is 4. The monoisotopic (exact) mass is 345 g/mol. The lowest BCUT2D eigenvalue weighted by Crippen LogP contribution is -2.52. The van der Waals surface area contributed by atoms with E-state index in [1.165, 1.54) is 12.8 Å². The molecule has 0 atom stereocenters. The summed E-state index contributed by atoms with van der Waals surface area (Å²) in [6.45, 7) is 5.64. The average molecular weight is 345 g/mol. The van der Waals surface area contributed by atoms with Crippen molar-refractivity contribution in [2.75, 3.05) is 46.4 Å². The number of methoxy groups -OCH3 is 1. The van der Waals surface area contributed by atoms with E-state index in [9.17, 15) is 9.59 Å². The first-order valence-electron chi connectivity index (χ1n) is 9.01. The van der Waals surface area contributed by atoms with Gasteiger partial charge in [-0.2, -0.15) is 0 Å². The molecule has 1 aliphatic carbocycles. The average Bonchev–Trinajstić information content (AvgIpc) is 3.46. The van der Waals surface area contributed by atoms with Crippen LogP contribution in [0.4, 0.5) is 0 Å². The van der Waals surface area contributed by atoms with Crippen molar-refractivity contribution in [1.29, 1.82) is 0 Å². The first kappa shape index (κ1) is 17.7. The van der Waals surface area contributed by atoms with Gasteiger partial charge < -0.3 is 19.9 Å². The molecule has 25 heavy (non-hydrogen) atoms. The topological polar surface area (TPSA) is 61.9 Å². The Balaban J connectivity index is 1.49. The Hall–Kier alpha value is -2.08. The maximum absolute atomic E-state index is 12.7. The van der Waals surface area contributed by atoms with E-state index >= 15 is 0 Å². The molecule has 6 heteroatoms. The molecule has 0 bridgehead atoms. The molecule has 2 amide bonds. The van der Waals surface area contributed by atoms with Gasteiger partial charge >= 0.3 is 0 Å². The second-order valence-electron chi connectivity index (χ2n) is 6.93. The summed E-state index contributed by atoms with van der Waals surface area (Å²) in [5.74, 6) is 1.62. The Labute approximate surface area is 149 Å². The summed E-state index contributed by atoms with van der Waals surface area (Å²) in [5.41, 5.74) is 1.64. The van der Waals surface area contributed by atoms with Gasteiger partial charge in [-0.25, -0.2) is 0 Å². The van der Waals surface area contributed by atoms with Gasteiger partial charge in [0.1, 0.15) is 5.75 Å². The molecule has 1 heterocycles. The second-order valence-corrected chi connectivity index (χ2v) is 6.93. The van der Waals surface area contributed by atoms with Gasteiger partial charge in [0.2, 0.25) is 5.91 Å². The summed E-state index contributed by atoms with van der Waals surface area (Å²) in [5, 5.41) is 3.24. The van der Waals surface area contributed by atoms with E-state index in [0.29, 0.717) is 38.3 Å². The third-order valence-electron chi connectivity index (χ3n) is 4.98. The fraction of sp³-hybridized carbons (Fsp3) is 0.579. The van der Waals surface area contributed by atoms with Crippen LogP contribution in [0.2, 0.25) is 0 Å². The first-order chi connectivity index (χ1) is 12.1. The lowest BCUT2D eigenvalue weighted by molar-refractivity contribution is -0.131. The molecule has 2 fully saturated rings. The number of nitrogens with one attached hydrogen (secondary N) is 1. The van der Waals surface area contributed by atoms with Crippen LogP contribution in [0.25, 0.3) is 0 Å². The van der Waals surface area contributed by atoms with Gasteiger partial charge in [-0.3, -0.25) is 9.59 Å². The standard InChI is InChI=1S/C19H27N3O3/c1-14-3-6-16(11-17(14)25-2)19(24)22-9-7-21(8-10-22)18(23)13-20-12-15-4-5-15/h3,6,11,15,20H,4-5,7-10,12-13H2,1-2H3. The fourth-order valence-electron chi connectivity index (χ4n) is 3.11. The molecule has 3 rings (SSSR count). The molecule has 1 aromatic carbocycles. The molecule has 2 aliphatic rings. The molecule has 1 aliphatic heterocycles. The SMILES string of the molecule is COc1cc(C(=O)N2CCN(C(=O)CNCC3CC3)CC2)ccc1C. The van der Waals surface area contributed by atoms with Crippen molar-refractivity contribution in [3.05, 3.63) is 29.3 Å². The molecule has 0 radical (unpaired) electrons. The largest absolute Gasteiger partial charge is 0.496 e. The van der Waals surface area contributed by atoms with Crippen molar-refractivity contribution in [2.24, 2.45) is 5.92 Å². The number of nitrogens with zero attached hydrogens (tertiary/aromatic N) is 2. The van der Waals surface area contributed by atoms with Crippen molar-refractivity contribution in [2.45, 2.75) is 19.8 Å². The van der Waals surface area contributed by atoms with E-state index in [1.54, 1.807) is 13.2 Å². The lowest BCUT2D eigenvalue weighted by atomic mass is 10.1. The van der Waals surface area contributed by atoms with E-state index in [-0.39, 0.29) is 11.8 Å². The van der Waals surface area contributed by atoms with Crippen molar-refractivity contribution in [3.8, 4) is 5.75 Å². The maximum Gasteiger partial charge on any atom is 0.254 e. The molecule has 6 nitrogen and oxygen atoms in total. The Bertz CT molecular complexity index is 635. The Kier molecular flexibility index (Phi) is 5.58. The normalized spacial score (nSPS) is 17.5. The number of benzene rings is 1. The van der Waals surface area contributed by atoms with Crippen LogP contribution in [0, 0.1) is 12.8 Å². The molecule has 0 spiro atoms. The Morgan fingerprint density at radius 3 is 2.48 bits per heavy atom. The highest BCUT2D eigenvalue weighted by atomic mass is 16.5. The van der Waals surface area contributed by atoms with Gasteiger partial charge in [0.25, 0.3) is 5.91 Å². The van der Waals surface area contributed by atoms with Crippen molar-refractivity contribution >= 4 is 11.8 Å². The van der Waals surface area contributed by atoms with E-state index in [2.05, 4.69) is 5.32 Å². The summed E-state index contributed by atoms with van der Waals surface area (Å²) < 4.78 is 5.30. The highest BCUT2D eigenvalue weighted by Gasteiger charge is 2.26. The highest BCUT2D eigenvalue weighted by Crippen LogP contribution is 2.27. The minimum Gasteiger partial charge on any atom is -0.496 e. The van der Waals surface area contributed by atoms with E-state index in [1.807, 2.05) is 28.9 Å². The number of piperazine rings is 1. The zero-order valence-electron chi connectivity index (χ0n) is 15.1. The summed E-state index contributed by atoms with van der Waals surface area (Å²) in [6.07, 6.45) is 2.57. The van der Waals surface area contributed by atoms with Crippen LogP contribution in [0.15, 0.2) is 18.2 Å². The maximum atomic E-state index is 12.7. The number of hydrogen-bond donors (Lipinski definition) is 1. The molecular formula is C19H27N3O3. The summed E-state index contributed by atoms with van der Waals surface area (Å²) in [7, 11) is 1.61. The van der Waals surface area contributed by atoms with Crippen LogP contribution in [0.1, 0.15) is 28.8 Å². The molecule has 1 aromatic rings. The number of carbonyl (C=O) groups is 2. The van der Waals surface area contributed by atoms with Crippen LogP contribution >= 0.6 is 0 Å². The van der Waals surface area contributed by atoms with Gasteiger partial charge in [-0.05, 0) is 49.9 Å². The van der Waals surface area contributed by atoms with Crippen LogP contribution < -0.4 is 10.1 Å². The third kappa shape index (κ3) is 4.51. The summed E-state index contributed by atoms with van der Waals surface area (Å²) in [4.78, 5) is 28.5. The van der Waals surface area contributed by atoms with Crippen LogP contribution in [0.3, 0.4) is 0 Å². The minimum absolute atomic E-state index is 0.00254. The van der Waals surface area contributed by atoms with Gasteiger partial charge in [0, 0.05) is 31.7 Å². The Morgan fingerprint density at radius 2 is 1.84 bits per heavy atom. The van der Waals surface area contributed by atoms with Gasteiger partial charge in [0.05, 0.1) is 13.7 Å². The number of aryl methyl sites for hydroxylation is 1. The number of rotatable bonds is 6. The first-order valence-corrected chi connectivity index (χ1v) is 9.01. The smallest absolute Gasteiger partial charge is 0.254 e. The molecule has 0 unspecified atom stereocenters. The second kappa shape index (κ2) is 7.87. The van der Waals surface area contributed by atoms with Gasteiger partial charge in [-0.15, -0.1) is 0 Å². The van der Waals surface area contributed by atoms with E-state index in [0.717, 1.165) is 23.8 Å². The van der Waals surface area contributed by atoms with Crippen LogP contribution in [0.5, 0.6) is 5.75 Å². The fourth-order valence-corrected chi connectivity index (χ4v) is 3.11. The van der Waals surface area contributed by atoms with Crippen molar-refractivity contribution < 1.29 is 14.3 Å². The predicted octanol–water partition coefficient (Wildman–Crippen LogP) is 1.29. The quantitative estimate of drug-likeness (QED) is 0.844. The van der Waals surface area contributed by atoms with Crippen molar-refractivity contribution in [3.63, 3.8) is 0 Å². The number of ether oxygens (including phenoxy) is 1. The lowest BCUT2D eigenvalue weighted by Gasteiger charge is -2.35. The van der Waals surface area contributed by atoms with Crippen molar-refractivity contribution in [1.82, 2.24) is 15.1 Å². The molecule has 1 N–H and O–H groups in total. The molecule has 0 aromatic heterocycles. The molecule has 136 valence electrons. The number of amides is 2. The van der Waals surface area contributed by atoms with E-state index in [4.69, 9.17) is 4.74 Å². The summed E-state index contributed by atoms with van der Waals surface area (Å²) in [6, 6.07) is 5.52.